The number of aliphatic hydroxyl groups is 1. The Morgan fingerprint density at radius 2 is 1.95 bits per heavy atom. The van der Waals surface area contributed by atoms with Crippen molar-refractivity contribution in [2.75, 3.05) is 19.7 Å². The first-order valence-electron chi connectivity index (χ1n) is 6.22. The third-order valence-electron chi connectivity index (χ3n) is 2.25. The summed E-state index contributed by atoms with van der Waals surface area (Å²) < 4.78 is 0. The molecule has 0 bridgehead atoms. The van der Waals surface area contributed by atoms with Crippen molar-refractivity contribution in [3.05, 3.63) is 18.1 Å². The zero-order valence-corrected chi connectivity index (χ0v) is 11.6. The summed E-state index contributed by atoms with van der Waals surface area (Å²) in [5.74, 6) is 4.95. The summed E-state index contributed by atoms with van der Waals surface area (Å²) in [5.41, 5.74) is 13.9. The van der Waals surface area contributed by atoms with E-state index in [4.69, 9.17) is 22.4 Å². The van der Waals surface area contributed by atoms with Gasteiger partial charge in [0, 0.05) is 6.61 Å². The molecule has 0 aliphatic heterocycles. The number of carbonyl (C=O) groups excluding carboxylic acids is 1. The number of Topliss-reactive ketones (excluding diaryl/α,β-unsaturated/α-hetero) is 1. The van der Waals surface area contributed by atoms with Crippen molar-refractivity contribution in [2.45, 2.75) is 38.1 Å². The maximum Gasteiger partial charge on any atom is 0.129 e. The highest BCUT2D eigenvalue weighted by atomic mass is 16.2. The predicted molar refractivity (Wildman–Crippen MR) is 78.4 cm³/mol. The second-order valence-corrected chi connectivity index (χ2v) is 3.77. The van der Waals surface area contributed by atoms with Crippen LogP contribution in [-0.2, 0) is 4.79 Å². The SMILES string of the molecule is C=CCCCO.NCCCC[C@H]([N-]N)C(=O)CN.O. The molecule has 0 aromatic heterocycles. The number of allylic oxidation sites excluding steroid dienone is 1. The number of unbranched alkanes of at least 4 members (excludes halogenated alkanes) is 2. The predicted octanol–water partition coefficient (Wildman–Crippen LogP) is -0.621. The number of aliphatic hydroxyl groups excluding tert-OH is 1. The molecular weight excluding hydrogens is 248 g/mol. The lowest BCUT2D eigenvalue weighted by atomic mass is 10.1. The summed E-state index contributed by atoms with van der Waals surface area (Å²) in [5, 5.41) is 8.15. The van der Waals surface area contributed by atoms with E-state index >= 15 is 0 Å². The van der Waals surface area contributed by atoms with Crippen LogP contribution in [0.3, 0.4) is 0 Å². The first-order valence-corrected chi connectivity index (χ1v) is 6.22. The van der Waals surface area contributed by atoms with Gasteiger partial charge >= 0.3 is 0 Å². The van der Waals surface area contributed by atoms with Crippen molar-refractivity contribution < 1.29 is 15.4 Å². The lowest BCUT2D eigenvalue weighted by Crippen LogP contribution is -2.29. The van der Waals surface area contributed by atoms with Crippen LogP contribution in [-0.4, -0.2) is 42.1 Å². The molecular formula is C12H29N4O3-. The van der Waals surface area contributed by atoms with Crippen LogP contribution in [0.25, 0.3) is 5.43 Å². The molecule has 7 nitrogen and oxygen atoms in total. The second kappa shape index (κ2) is 19.5. The number of nitrogens with two attached hydrogens (primary N) is 3. The van der Waals surface area contributed by atoms with Gasteiger partial charge in [-0.2, -0.15) is 0 Å². The highest BCUT2D eigenvalue weighted by molar-refractivity contribution is 5.87. The Morgan fingerprint density at radius 1 is 1.32 bits per heavy atom. The van der Waals surface area contributed by atoms with E-state index in [9.17, 15) is 4.79 Å². The minimum Gasteiger partial charge on any atom is -0.591 e. The van der Waals surface area contributed by atoms with E-state index in [0.717, 1.165) is 25.7 Å². The van der Waals surface area contributed by atoms with Gasteiger partial charge in [-0.1, -0.05) is 25.0 Å². The van der Waals surface area contributed by atoms with Crippen LogP contribution in [0.5, 0.6) is 0 Å². The summed E-state index contributed by atoms with van der Waals surface area (Å²) in [6.45, 7) is 4.41. The number of nitrogens with zero attached hydrogens (tertiary/aromatic N) is 1. The minimum atomic E-state index is -0.429. The van der Waals surface area contributed by atoms with E-state index < -0.39 is 6.04 Å². The Bertz CT molecular complexity index is 203. The Kier molecular flexibility index (Phi) is 23.9. The Balaban J connectivity index is -0.000000313. The van der Waals surface area contributed by atoms with Crippen LogP contribution in [0.4, 0.5) is 0 Å². The summed E-state index contributed by atoms with van der Waals surface area (Å²) in [4.78, 5) is 11.0. The number of hydrogen-bond donors (Lipinski definition) is 4. The number of rotatable bonds is 10. The number of carbonyl (C=O) groups is 1. The van der Waals surface area contributed by atoms with Crippen LogP contribution in [0, 0.1) is 0 Å². The van der Waals surface area contributed by atoms with E-state index in [1.54, 1.807) is 6.08 Å². The van der Waals surface area contributed by atoms with Gasteiger partial charge < -0.3 is 33.3 Å². The van der Waals surface area contributed by atoms with E-state index in [1.807, 2.05) is 0 Å². The fourth-order valence-corrected chi connectivity index (χ4v) is 1.17. The van der Waals surface area contributed by atoms with Crippen molar-refractivity contribution in [3.63, 3.8) is 0 Å². The fraction of sp³-hybridized carbons (Fsp3) is 0.750. The first-order chi connectivity index (χ1) is 8.67. The molecule has 0 radical (unpaired) electrons. The highest BCUT2D eigenvalue weighted by Gasteiger charge is 2.05. The molecule has 0 unspecified atom stereocenters. The van der Waals surface area contributed by atoms with E-state index in [-0.39, 0.29) is 24.4 Å². The highest BCUT2D eigenvalue weighted by Crippen LogP contribution is 2.06. The van der Waals surface area contributed by atoms with Gasteiger partial charge in [0.05, 0.1) is 6.54 Å². The average molecular weight is 277 g/mol. The molecule has 0 fully saturated rings. The largest absolute Gasteiger partial charge is 0.591 e. The van der Waals surface area contributed by atoms with Crippen LogP contribution in [0.1, 0.15) is 32.1 Å². The van der Waals surface area contributed by atoms with Crippen molar-refractivity contribution in [2.24, 2.45) is 17.3 Å². The number of hydrogen-bond acceptors (Lipinski definition) is 5. The molecule has 7 heteroatoms. The van der Waals surface area contributed by atoms with Gasteiger partial charge in [-0.3, -0.25) is 4.79 Å². The molecule has 0 spiro atoms. The average Bonchev–Trinajstić information content (AvgIpc) is 2.41. The van der Waals surface area contributed by atoms with E-state index in [1.165, 1.54) is 0 Å². The Hall–Kier alpha value is -0.830. The quantitative estimate of drug-likeness (QED) is 0.181. The molecule has 0 aliphatic carbocycles. The van der Waals surface area contributed by atoms with Gasteiger partial charge in [-0.25, -0.2) is 0 Å². The molecule has 0 rings (SSSR count). The summed E-state index contributed by atoms with van der Waals surface area (Å²) >= 11 is 0. The van der Waals surface area contributed by atoms with Gasteiger partial charge in [-0.15, -0.1) is 6.58 Å². The maximum absolute atomic E-state index is 11.0. The Labute approximate surface area is 115 Å². The second-order valence-electron chi connectivity index (χ2n) is 3.77. The van der Waals surface area contributed by atoms with Crippen LogP contribution in [0.15, 0.2) is 12.7 Å². The normalized spacial score (nSPS) is 10.7. The maximum atomic E-state index is 11.0. The molecule has 0 heterocycles. The first kappa shape index (κ1) is 23.3. The van der Waals surface area contributed by atoms with Gasteiger partial charge in [0.1, 0.15) is 5.78 Å². The molecule has 0 amide bonds. The molecule has 9 N–H and O–H groups in total. The van der Waals surface area contributed by atoms with Gasteiger partial charge in [0.2, 0.25) is 0 Å². The van der Waals surface area contributed by atoms with Crippen LogP contribution >= 0.6 is 0 Å². The van der Waals surface area contributed by atoms with Crippen molar-refractivity contribution in [3.8, 4) is 0 Å². The smallest absolute Gasteiger partial charge is 0.129 e. The van der Waals surface area contributed by atoms with Crippen LogP contribution in [0.2, 0.25) is 0 Å². The minimum absolute atomic E-state index is 0. The Morgan fingerprint density at radius 3 is 2.26 bits per heavy atom. The zero-order chi connectivity index (χ0) is 14.2. The molecule has 116 valence electrons. The zero-order valence-electron chi connectivity index (χ0n) is 11.6. The summed E-state index contributed by atoms with van der Waals surface area (Å²) in [6, 6.07) is -0.429. The standard InChI is InChI=1S/C7H17N4O.C5H10O.H2O/c8-4-2-1-3-6(11-10)7(12)5-9;1-2-3-4-5-6;/h6H,1-5,8-10H2;2,6H,1,3-5H2;1H2/q-1;;/t6-;;/m0../s1. The molecule has 0 saturated heterocycles. The molecule has 1 atom stereocenters. The summed E-state index contributed by atoms with van der Waals surface area (Å²) in [7, 11) is 0. The third kappa shape index (κ3) is 17.2. The third-order valence-corrected chi connectivity index (χ3v) is 2.25. The fourth-order valence-electron chi connectivity index (χ4n) is 1.17. The van der Waals surface area contributed by atoms with Crippen LogP contribution < -0.4 is 17.3 Å². The van der Waals surface area contributed by atoms with Crippen molar-refractivity contribution in [1.29, 1.82) is 0 Å². The van der Waals surface area contributed by atoms with E-state index in [0.29, 0.717) is 13.0 Å². The summed E-state index contributed by atoms with van der Waals surface area (Å²) in [6.07, 6.45) is 6.00. The molecule has 0 aromatic rings. The van der Waals surface area contributed by atoms with Gasteiger partial charge in [0.15, 0.2) is 0 Å². The molecule has 0 saturated carbocycles. The molecule has 19 heavy (non-hydrogen) atoms. The molecule has 0 aliphatic rings. The van der Waals surface area contributed by atoms with Crippen molar-refractivity contribution in [1.82, 2.24) is 0 Å². The lowest BCUT2D eigenvalue weighted by Gasteiger charge is -2.25. The topological polar surface area (TPSA) is 161 Å². The monoisotopic (exact) mass is 277 g/mol. The van der Waals surface area contributed by atoms with Gasteiger partial charge in [0.25, 0.3) is 0 Å². The number of ketones is 1. The lowest BCUT2D eigenvalue weighted by molar-refractivity contribution is -0.118. The van der Waals surface area contributed by atoms with Gasteiger partial charge in [-0.05, 0) is 25.8 Å². The van der Waals surface area contributed by atoms with Crippen molar-refractivity contribution >= 4 is 5.78 Å². The van der Waals surface area contributed by atoms with E-state index in [2.05, 4.69) is 12.0 Å². The molecule has 0 aromatic carbocycles.